The Kier molecular flexibility index (Phi) is 11.1. The molecule has 1 aromatic heterocycles. The highest BCUT2D eigenvalue weighted by atomic mass is 16.2. The van der Waals surface area contributed by atoms with Crippen molar-refractivity contribution >= 4 is 40.1 Å². The maximum atomic E-state index is 14.1. The second-order valence-electron chi connectivity index (χ2n) is 18.0. The van der Waals surface area contributed by atoms with Crippen molar-refractivity contribution in [2.75, 3.05) is 50.7 Å². The Balaban J connectivity index is 0.733. The number of nitrogens with one attached hydrogen (secondary N) is 2. The molecule has 0 radical (unpaired) electrons. The third kappa shape index (κ3) is 7.53. The summed E-state index contributed by atoms with van der Waals surface area (Å²) in [4.78, 5) is 64.4. The number of carbonyl (C=O) groups is 4. The molecule has 2 N–H and O–H groups in total. The van der Waals surface area contributed by atoms with E-state index >= 15 is 0 Å². The van der Waals surface area contributed by atoms with Crippen molar-refractivity contribution in [1.82, 2.24) is 25.0 Å². The molecule has 11 nitrogen and oxygen atoms in total. The summed E-state index contributed by atoms with van der Waals surface area (Å²) in [5, 5.41) is 12.7. The lowest BCUT2D eigenvalue weighted by molar-refractivity contribution is -0.136. The highest BCUT2D eigenvalue weighted by Crippen LogP contribution is 2.46. The van der Waals surface area contributed by atoms with Gasteiger partial charge in [-0.25, -0.2) is 0 Å². The molecule has 3 aromatic carbocycles. The molecule has 1 unspecified atom stereocenters. The molecular formula is C50H55N7O4. The van der Waals surface area contributed by atoms with E-state index in [9.17, 15) is 24.4 Å². The van der Waals surface area contributed by atoms with Gasteiger partial charge in [-0.2, -0.15) is 5.26 Å². The maximum Gasteiger partial charge on any atom is 0.255 e. The van der Waals surface area contributed by atoms with Crippen LogP contribution in [-0.4, -0.2) is 101 Å². The standard InChI is InChI=1S/C50H55N7O4/c1-4-33-28-38-40(50(2,3)47-45(46(38)59)37-15-14-32(30-51)27-41(37)52-47)29-43(33)56-21-18-35(19-22-56)55-25-23-54(24-26-55)20-9-7-5-6-8-11-34-12-10-13-36-39(34)31-57(49(36)61)42-16-17-44(58)53-48(42)60/h10,12-15,27-29,35,42,52H,4-7,9,16-26,31H2,1-3H3,(H,53,58,60). The summed E-state index contributed by atoms with van der Waals surface area (Å²) < 4.78 is 0. The van der Waals surface area contributed by atoms with Crippen molar-refractivity contribution in [2.24, 2.45) is 0 Å². The summed E-state index contributed by atoms with van der Waals surface area (Å²) in [7, 11) is 0. The van der Waals surface area contributed by atoms with Gasteiger partial charge in [-0.05, 0) is 98.2 Å². The molecule has 3 amide bonds. The number of carbonyl (C=O) groups excluding carboxylic acids is 4. The summed E-state index contributed by atoms with van der Waals surface area (Å²) in [5.74, 6) is 5.86. The number of piperidine rings is 2. The lowest BCUT2D eigenvalue weighted by Gasteiger charge is -2.44. The third-order valence-electron chi connectivity index (χ3n) is 14.1. The van der Waals surface area contributed by atoms with Crippen LogP contribution in [0.15, 0.2) is 48.5 Å². The Morgan fingerprint density at radius 1 is 0.885 bits per heavy atom. The van der Waals surface area contributed by atoms with Crippen molar-refractivity contribution in [1.29, 1.82) is 5.26 Å². The van der Waals surface area contributed by atoms with E-state index in [0.29, 0.717) is 30.1 Å². The molecule has 4 aliphatic heterocycles. The van der Waals surface area contributed by atoms with Crippen molar-refractivity contribution in [2.45, 2.75) is 103 Å². The van der Waals surface area contributed by atoms with Crippen LogP contribution in [0, 0.1) is 23.2 Å². The van der Waals surface area contributed by atoms with E-state index < -0.39 is 17.4 Å². The average molecular weight is 818 g/mol. The topological polar surface area (TPSA) is 133 Å². The van der Waals surface area contributed by atoms with E-state index in [1.807, 2.05) is 24.3 Å². The first kappa shape index (κ1) is 40.6. The molecule has 61 heavy (non-hydrogen) atoms. The number of anilines is 1. The molecule has 4 aromatic rings. The molecule has 3 fully saturated rings. The first-order valence-electron chi connectivity index (χ1n) is 22.3. The van der Waals surface area contributed by atoms with Crippen LogP contribution in [0.1, 0.15) is 132 Å². The van der Waals surface area contributed by atoms with Gasteiger partial charge in [-0.15, -0.1) is 0 Å². The van der Waals surface area contributed by atoms with Crippen LogP contribution in [0.3, 0.4) is 0 Å². The van der Waals surface area contributed by atoms with Gasteiger partial charge in [-0.3, -0.25) is 29.4 Å². The Morgan fingerprint density at radius 3 is 2.44 bits per heavy atom. The van der Waals surface area contributed by atoms with Crippen LogP contribution >= 0.6 is 0 Å². The van der Waals surface area contributed by atoms with Gasteiger partial charge < -0.3 is 19.7 Å². The first-order valence-corrected chi connectivity index (χ1v) is 22.3. The number of nitrogens with zero attached hydrogens (tertiary/aromatic N) is 5. The van der Waals surface area contributed by atoms with Crippen LogP contribution in [-0.2, 0) is 28.0 Å². The van der Waals surface area contributed by atoms with E-state index in [0.717, 1.165) is 135 Å². The molecule has 0 spiro atoms. The summed E-state index contributed by atoms with van der Waals surface area (Å²) in [5.41, 5.74) is 9.40. The monoisotopic (exact) mass is 817 g/mol. The van der Waals surface area contributed by atoms with Gasteiger partial charge in [0.25, 0.3) is 5.91 Å². The van der Waals surface area contributed by atoms with Crippen LogP contribution in [0.25, 0.3) is 10.9 Å². The summed E-state index contributed by atoms with van der Waals surface area (Å²) in [6, 6.07) is 17.8. The molecule has 5 heterocycles. The van der Waals surface area contributed by atoms with Crippen molar-refractivity contribution in [3.8, 4) is 17.9 Å². The number of piperazine rings is 1. The highest BCUT2D eigenvalue weighted by Gasteiger charge is 2.42. The number of aryl methyl sites for hydroxylation is 1. The summed E-state index contributed by atoms with van der Waals surface area (Å²) in [6.07, 6.45) is 7.85. The maximum absolute atomic E-state index is 14.1. The second-order valence-corrected chi connectivity index (χ2v) is 18.0. The van der Waals surface area contributed by atoms with Crippen LogP contribution in [0.4, 0.5) is 5.69 Å². The van der Waals surface area contributed by atoms with Gasteiger partial charge in [0.15, 0.2) is 5.78 Å². The third-order valence-corrected chi connectivity index (χ3v) is 14.1. The van der Waals surface area contributed by atoms with E-state index in [2.05, 4.69) is 75.8 Å². The minimum Gasteiger partial charge on any atom is -0.371 e. The molecule has 0 bridgehead atoms. The summed E-state index contributed by atoms with van der Waals surface area (Å²) >= 11 is 0. The second kappa shape index (κ2) is 16.6. The number of ketones is 1. The van der Waals surface area contributed by atoms with E-state index in [1.54, 1.807) is 17.0 Å². The molecule has 0 saturated carbocycles. The first-order chi connectivity index (χ1) is 29.5. The molecular weight excluding hydrogens is 763 g/mol. The zero-order valence-electron chi connectivity index (χ0n) is 35.7. The number of imide groups is 1. The lowest BCUT2D eigenvalue weighted by atomic mass is 9.70. The Morgan fingerprint density at radius 2 is 1.69 bits per heavy atom. The van der Waals surface area contributed by atoms with Crippen LogP contribution < -0.4 is 10.2 Å². The predicted octanol–water partition coefficient (Wildman–Crippen LogP) is 6.43. The molecule has 1 aliphatic carbocycles. The van der Waals surface area contributed by atoms with E-state index in [-0.39, 0.29) is 24.0 Å². The quantitative estimate of drug-likeness (QED) is 0.112. The smallest absolute Gasteiger partial charge is 0.255 e. The number of fused-ring (bicyclic) bond motifs is 5. The molecule has 5 aliphatic rings. The van der Waals surface area contributed by atoms with E-state index in [4.69, 9.17) is 0 Å². The van der Waals surface area contributed by atoms with Gasteiger partial charge in [0.1, 0.15) is 6.04 Å². The number of aromatic amines is 1. The average Bonchev–Trinajstić information content (AvgIpc) is 3.83. The van der Waals surface area contributed by atoms with Gasteiger partial charge in [0, 0.05) is 109 Å². The Bertz CT molecular complexity index is 2540. The number of aromatic nitrogens is 1. The van der Waals surface area contributed by atoms with Crippen molar-refractivity contribution in [3.63, 3.8) is 0 Å². The molecule has 1 atom stereocenters. The SMILES string of the molecule is CCc1cc2c(cc1N1CCC(N3CCN(CCCCCC#Cc4cccc5c4CN(C4CCC(=O)NC4=O)C5=O)CC3)CC1)C(C)(C)c1[nH]c3cc(C#N)ccc3c1C2=O. The minimum atomic E-state index is -0.621. The highest BCUT2D eigenvalue weighted by molar-refractivity contribution is 6.20. The Hall–Kier alpha value is -5.75. The fourth-order valence-electron chi connectivity index (χ4n) is 10.6. The Labute approximate surface area is 358 Å². The largest absolute Gasteiger partial charge is 0.371 e. The molecule has 314 valence electrons. The fraction of sp³-hybridized carbons (Fsp3) is 0.460. The fourth-order valence-corrected chi connectivity index (χ4v) is 10.6. The number of rotatable bonds is 9. The van der Waals surface area contributed by atoms with Gasteiger partial charge in [0.05, 0.1) is 17.2 Å². The van der Waals surface area contributed by atoms with Crippen molar-refractivity contribution < 1.29 is 19.2 Å². The number of benzene rings is 3. The van der Waals surface area contributed by atoms with Crippen molar-refractivity contribution in [3.05, 3.63) is 98.7 Å². The molecule has 11 heteroatoms. The number of amides is 3. The summed E-state index contributed by atoms with van der Waals surface area (Å²) in [6.45, 7) is 14.5. The van der Waals surface area contributed by atoms with E-state index in [1.165, 1.54) is 11.3 Å². The number of unbranched alkanes of at least 4 members (excludes halogenated alkanes) is 3. The zero-order valence-corrected chi connectivity index (χ0v) is 35.7. The number of nitriles is 1. The predicted molar refractivity (Wildman–Crippen MR) is 235 cm³/mol. The number of hydrogen-bond donors (Lipinski definition) is 2. The van der Waals surface area contributed by atoms with Crippen LogP contribution in [0.5, 0.6) is 0 Å². The van der Waals surface area contributed by atoms with Crippen LogP contribution in [0.2, 0.25) is 0 Å². The minimum absolute atomic E-state index is 0.0690. The lowest BCUT2D eigenvalue weighted by Crippen LogP contribution is -2.53. The molecule has 9 rings (SSSR count). The van der Waals surface area contributed by atoms with Gasteiger partial charge in [0.2, 0.25) is 11.8 Å². The zero-order chi connectivity index (χ0) is 42.4. The number of H-pyrrole nitrogens is 1. The molecule has 3 saturated heterocycles. The number of hydrogen-bond acceptors (Lipinski definition) is 8. The normalized spacial score (nSPS) is 20.5. The van der Waals surface area contributed by atoms with Gasteiger partial charge in [-0.1, -0.05) is 51.2 Å². The van der Waals surface area contributed by atoms with Gasteiger partial charge >= 0.3 is 0 Å².